The van der Waals surface area contributed by atoms with Gasteiger partial charge in [0.1, 0.15) is 10.2 Å². The van der Waals surface area contributed by atoms with Crippen molar-refractivity contribution in [3.8, 4) is 0 Å². The summed E-state index contributed by atoms with van der Waals surface area (Å²) in [5.74, 6) is 2.38. The van der Waals surface area contributed by atoms with Crippen molar-refractivity contribution in [2.75, 3.05) is 5.32 Å². The van der Waals surface area contributed by atoms with Crippen LogP contribution in [0.1, 0.15) is 53.9 Å². The average molecular weight is 375 g/mol. The first-order valence-corrected chi connectivity index (χ1v) is 10.1. The highest BCUT2D eigenvalue weighted by atomic mass is 35.5. The second-order valence-corrected chi connectivity index (χ2v) is 9.30. The lowest BCUT2D eigenvalue weighted by Crippen LogP contribution is -2.48. The lowest BCUT2D eigenvalue weighted by molar-refractivity contribution is -0.00555. The van der Waals surface area contributed by atoms with E-state index >= 15 is 0 Å². The first kappa shape index (κ1) is 15.7. The molecule has 0 spiro atoms. The molecule has 4 bridgehead atoms. The van der Waals surface area contributed by atoms with Gasteiger partial charge in [0.05, 0.1) is 5.56 Å². The van der Waals surface area contributed by atoms with E-state index in [1.165, 1.54) is 44.7 Å². The van der Waals surface area contributed by atoms with Crippen LogP contribution in [0, 0.1) is 17.8 Å². The fourth-order valence-corrected chi connectivity index (χ4v) is 6.61. The lowest BCUT2D eigenvalue weighted by atomic mass is 9.50. The van der Waals surface area contributed by atoms with Crippen LogP contribution in [0.4, 0.5) is 5.13 Å². The number of pyridine rings is 1. The molecule has 0 atom stereocenters. The molecule has 1 amide bonds. The van der Waals surface area contributed by atoms with E-state index in [-0.39, 0.29) is 11.3 Å². The number of hydrogen-bond donors (Lipinski definition) is 1. The topological polar surface area (TPSA) is 67.8 Å². The minimum atomic E-state index is -0.225. The van der Waals surface area contributed by atoms with Crippen LogP contribution in [0.5, 0.6) is 0 Å². The molecule has 0 radical (unpaired) electrons. The quantitative estimate of drug-likeness (QED) is 0.813. The lowest BCUT2D eigenvalue weighted by Gasteiger charge is -2.55. The third-order valence-corrected chi connectivity index (χ3v) is 7.44. The van der Waals surface area contributed by atoms with Crippen molar-refractivity contribution in [2.45, 2.75) is 43.9 Å². The number of nitrogens with zero attached hydrogens (tertiary/aromatic N) is 3. The van der Waals surface area contributed by atoms with E-state index in [1.807, 2.05) is 0 Å². The number of carbonyl (C=O) groups excluding carboxylic acids is 1. The maximum Gasteiger partial charge on any atom is 0.259 e. The number of amides is 1. The number of halogens is 1. The minimum absolute atomic E-state index is 0.219. The molecule has 4 fully saturated rings. The van der Waals surface area contributed by atoms with Gasteiger partial charge in [-0.05, 0) is 68.4 Å². The predicted molar refractivity (Wildman–Crippen MR) is 97.0 cm³/mol. The first-order chi connectivity index (χ1) is 12.1. The molecule has 7 heteroatoms. The summed E-state index contributed by atoms with van der Waals surface area (Å²) < 4.78 is 0. The van der Waals surface area contributed by atoms with Gasteiger partial charge in [0, 0.05) is 11.6 Å². The molecule has 0 aromatic carbocycles. The van der Waals surface area contributed by atoms with Crippen molar-refractivity contribution < 1.29 is 4.79 Å². The summed E-state index contributed by atoms with van der Waals surface area (Å²) in [4.78, 5) is 16.3. The van der Waals surface area contributed by atoms with Gasteiger partial charge >= 0.3 is 0 Å². The SMILES string of the molecule is O=C(Nc1nnc(C23CC4CC(CC(C4)C2)C3)s1)c1ccc(Cl)nc1. The molecule has 4 aliphatic carbocycles. The molecule has 0 unspecified atom stereocenters. The van der Waals surface area contributed by atoms with E-state index in [9.17, 15) is 4.79 Å². The van der Waals surface area contributed by atoms with Gasteiger partial charge in [-0.15, -0.1) is 10.2 Å². The average Bonchev–Trinajstić information content (AvgIpc) is 3.03. The molecule has 4 aliphatic rings. The third kappa shape index (κ3) is 2.75. The standard InChI is InChI=1S/C18H19ClN4OS/c19-14-2-1-13(9-20-14)15(24)21-17-23-22-16(25-17)18-6-10-3-11(7-18)5-12(4-10)8-18/h1-2,9-12H,3-8H2,(H,21,23,24). The van der Waals surface area contributed by atoms with Crippen LogP contribution < -0.4 is 5.32 Å². The van der Waals surface area contributed by atoms with E-state index in [0.29, 0.717) is 15.8 Å². The largest absolute Gasteiger partial charge is 0.296 e. The van der Waals surface area contributed by atoms with Crippen LogP contribution in [0.3, 0.4) is 0 Å². The Kier molecular flexibility index (Phi) is 3.61. The Morgan fingerprint density at radius 1 is 1.12 bits per heavy atom. The molecule has 2 heterocycles. The Balaban J connectivity index is 1.35. The van der Waals surface area contributed by atoms with Gasteiger partial charge in [0.25, 0.3) is 5.91 Å². The Morgan fingerprint density at radius 2 is 1.80 bits per heavy atom. The minimum Gasteiger partial charge on any atom is -0.296 e. The van der Waals surface area contributed by atoms with Crippen molar-refractivity contribution >= 4 is 34.0 Å². The number of hydrogen-bond acceptors (Lipinski definition) is 5. The fourth-order valence-electron chi connectivity index (χ4n) is 5.54. The second-order valence-electron chi connectivity index (χ2n) is 7.93. The molecule has 130 valence electrons. The smallest absolute Gasteiger partial charge is 0.259 e. The van der Waals surface area contributed by atoms with Crippen LogP contribution in [0.25, 0.3) is 0 Å². The summed E-state index contributed by atoms with van der Waals surface area (Å²) in [6.07, 6.45) is 9.45. The zero-order valence-corrected chi connectivity index (χ0v) is 15.3. The van der Waals surface area contributed by atoms with Crippen molar-refractivity contribution in [3.63, 3.8) is 0 Å². The van der Waals surface area contributed by atoms with Gasteiger partial charge in [-0.25, -0.2) is 4.98 Å². The molecule has 6 rings (SSSR count). The van der Waals surface area contributed by atoms with Crippen molar-refractivity contribution in [3.05, 3.63) is 34.1 Å². The molecule has 2 aromatic heterocycles. The second kappa shape index (κ2) is 5.74. The monoisotopic (exact) mass is 374 g/mol. The molecule has 5 nitrogen and oxygen atoms in total. The molecular weight excluding hydrogens is 356 g/mol. The number of nitrogens with one attached hydrogen (secondary N) is 1. The highest BCUT2D eigenvalue weighted by Crippen LogP contribution is 2.61. The third-order valence-electron chi connectivity index (χ3n) is 6.13. The summed E-state index contributed by atoms with van der Waals surface area (Å²) in [5, 5.41) is 13.7. The molecular formula is C18H19ClN4OS. The Morgan fingerprint density at radius 3 is 2.40 bits per heavy atom. The molecule has 0 aliphatic heterocycles. The van der Waals surface area contributed by atoms with Gasteiger partial charge in [-0.3, -0.25) is 10.1 Å². The number of rotatable bonds is 3. The summed E-state index contributed by atoms with van der Waals surface area (Å²) in [5.41, 5.74) is 0.688. The van der Waals surface area contributed by atoms with Gasteiger partial charge in [-0.2, -0.15) is 0 Å². The zero-order chi connectivity index (χ0) is 17.0. The summed E-state index contributed by atoms with van der Waals surface area (Å²) in [7, 11) is 0. The van der Waals surface area contributed by atoms with Crippen LogP contribution in [0.15, 0.2) is 18.3 Å². The van der Waals surface area contributed by atoms with Crippen LogP contribution >= 0.6 is 22.9 Å². The summed E-state index contributed by atoms with van der Waals surface area (Å²) >= 11 is 7.31. The van der Waals surface area contributed by atoms with Crippen LogP contribution in [-0.4, -0.2) is 21.1 Å². The highest BCUT2D eigenvalue weighted by Gasteiger charge is 2.53. The Labute approximate surface area is 155 Å². The van der Waals surface area contributed by atoms with Crippen molar-refractivity contribution in [2.24, 2.45) is 17.8 Å². The molecule has 0 saturated heterocycles. The van der Waals surface area contributed by atoms with E-state index < -0.39 is 0 Å². The fraction of sp³-hybridized carbons (Fsp3) is 0.556. The highest BCUT2D eigenvalue weighted by molar-refractivity contribution is 7.15. The van der Waals surface area contributed by atoms with Gasteiger partial charge in [-0.1, -0.05) is 22.9 Å². The Hall–Kier alpha value is -1.53. The van der Waals surface area contributed by atoms with E-state index in [0.717, 1.165) is 22.8 Å². The van der Waals surface area contributed by atoms with E-state index in [4.69, 9.17) is 11.6 Å². The van der Waals surface area contributed by atoms with E-state index in [2.05, 4.69) is 20.5 Å². The summed E-state index contributed by atoms with van der Waals surface area (Å²) in [6, 6.07) is 3.27. The van der Waals surface area contributed by atoms with Crippen LogP contribution in [-0.2, 0) is 5.41 Å². The van der Waals surface area contributed by atoms with Crippen molar-refractivity contribution in [1.29, 1.82) is 0 Å². The van der Waals surface area contributed by atoms with Gasteiger partial charge < -0.3 is 0 Å². The number of aromatic nitrogens is 3. The maximum absolute atomic E-state index is 12.3. The molecule has 2 aromatic rings. The van der Waals surface area contributed by atoms with Crippen LogP contribution in [0.2, 0.25) is 5.15 Å². The number of anilines is 1. The number of carbonyl (C=O) groups is 1. The summed E-state index contributed by atoms with van der Waals surface area (Å²) in [6.45, 7) is 0. The predicted octanol–water partition coefficient (Wildman–Crippen LogP) is 4.31. The zero-order valence-electron chi connectivity index (χ0n) is 13.7. The molecule has 4 saturated carbocycles. The van der Waals surface area contributed by atoms with Gasteiger partial charge in [0.2, 0.25) is 5.13 Å². The Bertz CT molecular complexity index is 783. The maximum atomic E-state index is 12.3. The van der Waals surface area contributed by atoms with E-state index in [1.54, 1.807) is 23.5 Å². The van der Waals surface area contributed by atoms with Gasteiger partial charge in [0.15, 0.2) is 0 Å². The first-order valence-electron chi connectivity index (χ1n) is 8.86. The van der Waals surface area contributed by atoms with Crippen molar-refractivity contribution in [1.82, 2.24) is 15.2 Å². The normalized spacial score (nSPS) is 32.8. The molecule has 25 heavy (non-hydrogen) atoms. The molecule has 1 N–H and O–H groups in total.